The first-order valence-electron chi connectivity index (χ1n) is 3.87. The van der Waals surface area contributed by atoms with E-state index in [1.807, 2.05) is 6.20 Å². The number of fused-ring (bicyclic) bond motifs is 1. The standard InChI is InChI=1S/C9H10N2O/c1-10-3-7-2-8-5-12-6-9(8)11-4-7/h2,4H,1,3,5-6H2. The van der Waals surface area contributed by atoms with Gasteiger partial charge in [0.25, 0.3) is 0 Å². The summed E-state index contributed by atoms with van der Waals surface area (Å²) >= 11 is 0. The summed E-state index contributed by atoms with van der Waals surface area (Å²) in [7, 11) is 0. The van der Waals surface area contributed by atoms with Crippen molar-refractivity contribution in [1.29, 1.82) is 0 Å². The van der Waals surface area contributed by atoms with Gasteiger partial charge in [-0.1, -0.05) is 0 Å². The third-order valence-electron chi connectivity index (χ3n) is 1.91. The van der Waals surface area contributed by atoms with Crippen LogP contribution >= 0.6 is 0 Å². The maximum atomic E-state index is 5.24. The minimum atomic E-state index is 0.639. The largest absolute Gasteiger partial charge is 0.370 e. The molecular weight excluding hydrogens is 152 g/mol. The lowest BCUT2D eigenvalue weighted by Crippen LogP contribution is -1.91. The third-order valence-corrected chi connectivity index (χ3v) is 1.91. The fourth-order valence-electron chi connectivity index (χ4n) is 1.32. The van der Waals surface area contributed by atoms with Gasteiger partial charge in [0, 0.05) is 11.8 Å². The number of hydrogen-bond donors (Lipinski definition) is 0. The number of ether oxygens (including phenoxy) is 1. The maximum Gasteiger partial charge on any atom is 0.0896 e. The summed E-state index contributed by atoms with van der Waals surface area (Å²) < 4.78 is 5.24. The number of hydrogen-bond acceptors (Lipinski definition) is 3. The van der Waals surface area contributed by atoms with Crippen LogP contribution in [0.3, 0.4) is 0 Å². The molecular formula is C9H10N2O. The van der Waals surface area contributed by atoms with E-state index in [9.17, 15) is 0 Å². The van der Waals surface area contributed by atoms with Crippen molar-refractivity contribution < 1.29 is 4.74 Å². The first-order valence-corrected chi connectivity index (χ1v) is 3.87. The maximum absolute atomic E-state index is 5.24. The summed E-state index contributed by atoms with van der Waals surface area (Å²) in [5.41, 5.74) is 3.35. The van der Waals surface area contributed by atoms with Crippen molar-refractivity contribution in [3.63, 3.8) is 0 Å². The van der Waals surface area contributed by atoms with Crippen LogP contribution in [-0.2, 0) is 24.5 Å². The molecule has 2 heterocycles. The third kappa shape index (κ3) is 1.23. The lowest BCUT2D eigenvalue weighted by Gasteiger charge is -1.98. The van der Waals surface area contributed by atoms with Crippen molar-refractivity contribution in [2.75, 3.05) is 0 Å². The molecule has 0 saturated carbocycles. The SMILES string of the molecule is C=NCc1cnc2c(c1)COC2. The normalized spacial score (nSPS) is 14.3. The van der Waals surface area contributed by atoms with Gasteiger partial charge in [-0.3, -0.25) is 9.98 Å². The van der Waals surface area contributed by atoms with E-state index >= 15 is 0 Å². The van der Waals surface area contributed by atoms with Gasteiger partial charge in [-0.2, -0.15) is 0 Å². The zero-order chi connectivity index (χ0) is 8.39. The highest BCUT2D eigenvalue weighted by atomic mass is 16.5. The Bertz CT molecular complexity index is 309. The molecule has 0 bridgehead atoms. The Morgan fingerprint density at radius 3 is 3.33 bits per heavy atom. The van der Waals surface area contributed by atoms with Gasteiger partial charge in [0.05, 0.1) is 25.5 Å². The van der Waals surface area contributed by atoms with Crippen molar-refractivity contribution in [2.45, 2.75) is 19.8 Å². The number of rotatable bonds is 2. The molecule has 0 aliphatic carbocycles. The molecule has 1 aromatic heterocycles. The van der Waals surface area contributed by atoms with Crippen molar-refractivity contribution in [3.8, 4) is 0 Å². The number of nitrogens with zero attached hydrogens (tertiary/aromatic N) is 2. The van der Waals surface area contributed by atoms with Gasteiger partial charge < -0.3 is 4.74 Å². The van der Waals surface area contributed by atoms with E-state index < -0.39 is 0 Å². The minimum absolute atomic E-state index is 0.639. The second-order valence-corrected chi connectivity index (χ2v) is 2.82. The Balaban J connectivity index is 2.32. The molecule has 0 saturated heterocycles. The van der Waals surface area contributed by atoms with Gasteiger partial charge in [-0.05, 0) is 18.3 Å². The fourth-order valence-corrected chi connectivity index (χ4v) is 1.32. The van der Waals surface area contributed by atoms with Crippen LogP contribution in [0.4, 0.5) is 0 Å². The summed E-state index contributed by atoms with van der Waals surface area (Å²) in [6.45, 7) is 5.42. The van der Waals surface area contributed by atoms with Gasteiger partial charge in [0.1, 0.15) is 0 Å². The minimum Gasteiger partial charge on any atom is -0.370 e. The Morgan fingerprint density at radius 1 is 1.58 bits per heavy atom. The van der Waals surface area contributed by atoms with Crippen LogP contribution < -0.4 is 0 Å². The van der Waals surface area contributed by atoms with Crippen molar-refractivity contribution in [3.05, 3.63) is 29.1 Å². The summed E-state index contributed by atoms with van der Waals surface area (Å²) in [6.07, 6.45) is 1.84. The Kier molecular flexibility index (Phi) is 1.87. The first-order chi connectivity index (χ1) is 5.90. The zero-order valence-electron chi connectivity index (χ0n) is 6.79. The first kappa shape index (κ1) is 7.43. The molecule has 0 spiro atoms. The molecule has 3 heteroatoms. The highest BCUT2D eigenvalue weighted by Crippen LogP contribution is 2.18. The van der Waals surface area contributed by atoms with Crippen LogP contribution in [-0.4, -0.2) is 11.7 Å². The van der Waals surface area contributed by atoms with E-state index in [0.29, 0.717) is 19.8 Å². The lowest BCUT2D eigenvalue weighted by molar-refractivity contribution is 0.133. The van der Waals surface area contributed by atoms with E-state index in [2.05, 4.69) is 22.8 Å². The van der Waals surface area contributed by atoms with Crippen LogP contribution in [0.1, 0.15) is 16.8 Å². The molecule has 3 nitrogen and oxygen atoms in total. The van der Waals surface area contributed by atoms with Crippen LogP contribution in [0.25, 0.3) is 0 Å². The summed E-state index contributed by atoms with van der Waals surface area (Å²) in [5.74, 6) is 0. The predicted octanol–water partition coefficient (Wildman–Crippen LogP) is 1.31. The van der Waals surface area contributed by atoms with Crippen molar-refractivity contribution in [2.24, 2.45) is 4.99 Å². The number of aromatic nitrogens is 1. The summed E-state index contributed by atoms with van der Waals surface area (Å²) in [5, 5.41) is 0. The molecule has 0 amide bonds. The van der Waals surface area contributed by atoms with E-state index in [1.54, 1.807) is 0 Å². The molecule has 12 heavy (non-hydrogen) atoms. The number of pyridine rings is 1. The topological polar surface area (TPSA) is 34.5 Å². The Hall–Kier alpha value is -1.22. The van der Waals surface area contributed by atoms with Crippen LogP contribution in [0.2, 0.25) is 0 Å². The van der Waals surface area contributed by atoms with E-state index in [4.69, 9.17) is 4.74 Å². The Labute approximate surface area is 71.1 Å². The monoisotopic (exact) mass is 162 g/mol. The summed E-state index contributed by atoms with van der Waals surface area (Å²) in [4.78, 5) is 8.07. The molecule has 0 radical (unpaired) electrons. The predicted molar refractivity (Wildman–Crippen MR) is 46.0 cm³/mol. The molecule has 0 N–H and O–H groups in total. The van der Waals surface area contributed by atoms with Crippen LogP contribution in [0.15, 0.2) is 17.3 Å². The van der Waals surface area contributed by atoms with Gasteiger partial charge in [-0.15, -0.1) is 0 Å². The second-order valence-electron chi connectivity index (χ2n) is 2.82. The summed E-state index contributed by atoms with van der Waals surface area (Å²) in [6, 6.07) is 2.09. The quantitative estimate of drug-likeness (QED) is 0.614. The molecule has 62 valence electrons. The molecule has 0 aromatic carbocycles. The van der Waals surface area contributed by atoms with Crippen LogP contribution in [0, 0.1) is 0 Å². The van der Waals surface area contributed by atoms with Gasteiger partial charge >= 0.3 is 0 Å². The van der Waals surface area contributed by atoms with E-state index in [-0.39, 0.29) is 0 Å². The highest BCUT2D eigenvalue weighted by molar-refractivity contribution is 5.29. The zero-order valence-corrected chi connectivity index (χ0v) is 6.79. The van der Waals surface area contributed by atoms with Gasteiger partial charge in [-0.25, -0.2) is 0 Å². The molecule has 0 fully saturated rings. The average molecular weight is 162 g/mol. The molecule has 1 aliphatic rings. The van der Waals surface area contributed by atoms with E-state index in [1.165, 1.54) is 5.56 Å². The molecule has 1 aromatic rings. The van der Waals surface area contributed by atoms with Crippen LogP contribution in [0.5, 0.6) is 0 Å². The molecule has 0 atom stereocenters. The van der Waals surface area contributed by atoms with Gasteiger partial charge in [0.15, 0.2) is 0 Å². The number of aliphatic imine (C=N–C) groups is 1. The molecule has 2 rings (SSSR count). The second kappa shape index (κ2) is 3.03. The van der Waals surface area contributed by atoms with Crippen molar-refractivity contribution in [1.82, 2.24) is 4.98 Å². The molecule has 1 aliphatic heterocycles. The fraction of sp³-hybridized carbons (Fsp3) is 0.333. The van der Waals surface area contributed by atoms with Gasteiger partial charge in [0.2, 0.25) is 0 Å². The smallest absolute Gasteiger partial charge is 0.0896 e. The Morgan fingerprint density at radius 2 is 2.50 bits per heavy atom. The molecule has 0 unspecified atom stereocenters. The van der Waals surface area contributed by atoms with Crippen molar-refractivity contribution >= 4 is 6.72 Å². The van der Waals surface area contributed by atoms with E-state index in [0.717, 1.165) is 11.3 Å². The average Bonchev–Trinajstić information content (AvgIpc) is 2.51. The lowest BCUT2D eigenvalue weighted by atomic mass is 10.2. The highest BCUT2D eigenvalue weighted by Gasteiger charge is 2.12.